The maximum absolute atomic E-state index is 12.3. The maximum Gasteiger partial charge on any atom is 0.280 e. The van der Waals surface area contributed by atoms with E-state index in [-0.39, 0.29) is 5.56 Å². The molecule has 0 unspecified atom stereocenters. The third-order valence-electron chi connectivity index (χ3n) is 4.86. The smallest absolute Gasteiger partial charge is 0.280 e. The molecular formula is C20H24N6OS. The number of piperazine rings is 1. The highest BCUT2D eigenvalue weighted by molar-refractivity contribution is 7.13. The number of hydrogen-bond acceptors (Lipinski definition) is 7. The van der Waals surface area contributed by atoms with Crippen molar-refractivity contribution in [2.45, 2.75) is 13.3 Å². The Labute approximate surface area is 168 Å². The van der Waals surface area contributed by atoms with Gasteiger partial charge in [0.25, 0.3) is 5.56 Å². The van der Waals surface area contributed by atoms with Crippen LogP contribution in [0.25, 0.3) is 10.6 Å². The molecule has 1 aliphatic rings. The van der Waals surface area contributed by atoms with Crippen molar-refractivity contribution in [2.75, 3.05) is 42.9 Å². The Hall–Kier alpha value is -2.71. The summed E-state index contributed by atoms with van der Waals surface area (Å²) < 4.78 is 0. The van der Waals surface area contributed by atoms with Gasteiger partial charge in [-0.1, -0.05) is 13.0 Å². The third kappa shape index (κ3) is 4.23. The van der Waals surface area contributed by atoms with Gasteiger partial charge in [-0.05, 0) is 48.7 Å². The van der Waals surface area contributed by atoms with Gasteiger partial charge < -0.3 is 10.2 Å². The van der Waals surface area contributed by atoms with Crippen molar-refractivity contribution in [3.8, 4) is 10.6 Å². The number of nitrogens with zero attached hydrogens (tertiary/aromatic N) is 4. The minimum Gasteiger partial charge on any atom is -0.369 e. The zero-order chi connectivity index (χ0) is 19.3. The summed E-state index contributed by atoms with van der Waals surface area (Å²) >= 11 is 1.47. The molecule has 8 heteroatoms. The van der Waals surface area contributed by atoms with Crippen molar-refractivity contribution in [2.24, 2.45) is 0 Å². The Morgan fingerprint density at radius 2 is 1.89 bits per heavy atom. The molecule has 0 amide bonds. The minimum absolute atomic E-state index is 0.249. The summed E-state index contributed by atoms with van der Waals surface area (Å²) in [5.74, 6) is 0.339. The van der Waals surface area contributed by atoms with E-state index >= 15 is 0 Å². The van der Waals surface area contributed by atoms with Crippen molar-refractivity contribution < 1.29 is 0 Å². The van der Waals surface area contributed by atoms with E-state index in [1.807, 2.05) is 29.6 Å². The lowest BCUT2D eigenvalue weighted by Gasteiger charge is -2.36. The van der Waals surface area contributed by atoms with Crippen LogP contribution in [0.2, 0.25) is 0 Å². The minimum atomic E-state index is -0.249. The zero-order valence-corrected chi connectivity index (χ0v) is 16.7. The molecule has 0 atom stereocenters. The molecule has 2 aromatic heterocycles. The molecule has 2 N–H and O–H groups in total. The first kappa shape index (κ1) is 18.6. The molecule has 0 saturated carbocycles. The lowest BCUT2D eigenvalue weighted by Crippen LogP contribution is -2.46. The van der Waals surface area contributed by atoms with Gasteiger partial charge in [-0.3, -0.25) is 14.7 Å². The van der Waals surface area contributed by atoms with E-state index in [0.29, 0.717) is 11.6 Å². The standard InChI is InChI=1S/C20H24N6OS/c1-2-9-25-10-12-26(13-11-25)16-7-5-15(6-8-16)21-20-22-19(27)18(23-24-20)17-4-3-14-28-17/h3-8,14H,2,9-13H2,1H3,(H2,21,22,24,27). The molecule has 7 nitrogen and oxygen atoms in total. The van der Waals surface area contributed by atoms with E-state index in [4.69, 9.17) is 0 Å². The summed E-state index contributed by atoms with van der Waals surface area (Å²) in [4.78, 5) is 20.8. The van der Waals surface area contributed by atoms with Crippen LogP contribution in [0.5, 0.6) is 0 Å². The molecule has 3 heterocycles. The van der Waals surface area contributed by atoms with Crippen molar-refractivity contribution in [3.05, 3.63) is 52.1 Å². The van der Waals surface area contributed by atoms with E-state index in [0.717, 1.165) is 36.7 Å². The maximum atomic E-state index is 12.3. The van der Waals surface area contributed by atoms with Crippen LogP contribution in [-0.2, 0) is 0 Å². The molecule has 3 aromatic rings. The first-order valence-corrected chi connectivity index (χ1v) is 10.5. The molecule has 0 spiro atoms. The van der Waals surface area contributed by atoms with Gasteiger partial charge in [-0.2, -0.15) is 0 Å². The molecule has 28 heavy (non-hydrogen) atoms. The average Bonchev–Trinajstić information content (AvgIpc) is 3.24. The van der Waals surface area contributed by atoms with Crippen LogP contribution in [0.4, 0.5) is 17.3 Å². The van der Waals surface area contributed by atoms with Gasteiger partial charge in [0.2, 0.25) is 5.95 Å². The van der Waals surface area contributed by atoms with Gasteiger partial charge in [0.15, 0.2) is 5.69 Å². The number of hydrogen-bond donors (Lipinski definition) is 2. The normalized spacial score (nSPS) is 15.0. The fourth-order valence-electron chi connectivity index (χ4n) is 3.41. The van der Waals surface area contributed by atoms with Gasteiger partial charge in [0.05, 0.1) is 4.88 Å². The summed E-state index contributed by atoms with van der Waals surface area (Å²) in [6, 6.07) is 11.9. The lowest BCUT2D eigenvalue weighted by atomic mass is 10.2. The topological polar surface area (TPSA) is 77.2 Å². The Kier molecular flexibility index (Phi) is 5.68. The van der Waals surface area contributed by atoms with Crippen LogP contribution in [0, 0.1) is 0 Å². The van der Waals surface area contributed by atoms with Crippen molar-refractivity contribution in [1.29, 1.82) is 0 Å². The fraction of sp³-hybridized carbons (Fsp3) is 0.350. The SMILES string of the molecule is CCCN1CCN(c2ccc(Nc3nnc(-c4cccs4)c(=O)[nH]3)cc2)CC1. The fourth-order valence-corrected chi connectivity index (χ4v) is 4.11. The predicted molar refractivity (Wildman–Crippen MR) is 115 cm³/mol. The van der Waals surface area contributed by atoms with Crippen LogP contribution in [0.15, 0.2) is 46.6 Å². The average molecular weight is 397 g/mol. The Balaban J connectivity index is 1.40. The van der Waals surface area contributed by atoms with Crippen molar-refractivity contribution in [1.82, 2.24) is 20.1 Å². The Morgan fingerprint density at radius 3 is 2.54 bits per heavy atom. The number of nitrogens with one attached hydrogen (secondary N) is 2. The quantitative estimate of drug-likeness (QED) is 0.666. The number of anilines is 3. The molecule has 0 aliphatic carbocycles. The van der Waals surface area contributed by atoms with Crippen LogP contribution in [-0.4, -0.2) is 52.8 Å². The summed E-state index contributed by atoms with van der Waals surface area (Å²) in [6.45, 7) is 7.74. The highest BCUT2D eigenvalue weighted by Gasteiger charge is 2.16. The molecule has 0 radical (unpaired) electrons. The summed E-state index contributed by atoms with van der Waals surface area (Å²) in [5.41, 5.74) is 2.18. The molecule has 1 saturated heterocycles. The molecule has 1 aliphatic heterocycles. The van der Waals surface area contributed by atoms with Crippen LogP contribution < -0.4 is 15.8 Å². The number of thiophene rings is 1. The highest BCUT2D eigenvalue weighted by atomic mass is 32.1. The summed E-state index contributed by atoms with van der Waals surface area (Å²) in [6.07, 6.45) is 1.21. The van der Waals surface area contributed by atoms with E-state index in [9.17, 15) is 4.79 Å². The molecule has 4 rings (SSSR count). The number of aromatic amines is 1. The van der Waals surface area contributed by atoms with Crippen LogP contribution >= 0.6 is 11.3 Å². The number of benzene rings is 1. The van der Waals surface area contributed by atoms with Gasteiger partial charge >= 0.3 is 0 Å². The van der Waals surface area contributed by atoms with Gasteiger partial charge in [-0.15, -0.1) is 21.5 Å². The molecule has 0 bridgehead atoms. The summed E-state index contributed by atoms with van der Waals surface area (Å²) in [7, 11) is 0. The second kappa shape index (κ2) is 8.53. The molecule has 146 valence electrons. The van der Waals surface area contributed by atoms with Gasteiger partial charge in [-0.25, -0.2) is 0 Å². The number of aromatic nitrogens is 3. The summed E-state index contributed by atoms with van der Waals surface area (Å²) in [5, 5.41) is 13.2. The van der Waals surface area contributed by atoms with E-state index < -0.39 is 0 Å². The van der Waals surface area contributed by atoms with Crippen molar-refractivity contribution >= 4 is 28.7 Å². The second-order valence-electron chi connectivity index (χ2n) is 6.83. The van der Waals surface area contributed by atoms with Gasteiger partial charge in [0, 0.05) is 37.6 Å². The first-order chi connectivity index (χ1) is 13.7. The monoisotopic (exact) mass is 396 g/mol. The predicted octanol–water partition coefficient (Wildman–Crippen LogP) is 3.17. The van der Waals surface area contributed by atoms with E-state index in [1.54, 1.807) is 0 Å². The van der Waals surface area contributed by atoms with Crippen LogP contribution in [0.1, 0.15) is 13.3 Å². The second-order valence-corrected chi connectivity index (χ2v) is 7.78. The van der Waals surface area contributed by atoms with Gasteiger partial charge in [0.1, 0.15) is 0 Å². The Bertz CT molecular complexity index is 946. The van der Waals surface area contributed by atoms with E-state index in [2.05, 4.69) is 49.4 Å². The zero-order valence-electron chi connectivity index (χ0n) is 15.9. The van der Waals surface area contributed by atoms with Crippen LogP contribution in [0.3, 0.4) is 0 Å². The first-order valence-electron chi connectivity index (χ1n) is 9.58. The Morgan fingerprint density at radius 1 is 1.11 bits per heavy atom. The largest absolute Gasteiger partial charge is 0.369 e. The number of rotatable bonds is 6. The number of H-pyrrole nitrogens is 1. The highest BCUT2D eigenvalue weighted by Crippen LogP contribution is 2.22. The van der Waals surface area contributed by atoms with Crippen molar-refractivity contribution in [3.63, 3.8) is 0 Å². The lowest BCUT2D eigenvalue weighted by molar-refractivity contribution is 0.258. The van der Waals surface area contributed by atoms with E-state index in [1.165, 1.54) is 30.0 Å². The molecule has 1 fully saturated rings. The molecular weight excluding hydrogens is 372 g/mol. The molecule has 1 aromatic carbocycles. The third-order valence-corrected chi connectivity index (χ3v) is 5.74.